The molecule has 1 aromatic rings. The Labute approximate surface area is 88.3 Å². The Morgan fingerprint density at radius 1 is 1.60 bits per heavy atom. The predicted octanol–water partition coefficient (Wildman–Crippen LogP) is 0.537. The molecular formula is C10H15N3O2. The van der Waals surface area contributed by atoms with Gasteiger partial charge in [0.2, 0.25) is 0 Å². The third kappa shape index (κ3) is 1.87. The molecule has 1 fully saturated rings. The van der Waals surface area contributed by atoms with Gasteiger partial charge in [0.15, 0.2) is 0 Å². The maximum atomic E-state index is 11.0. The Morgan fingerprint density at radius 3 is 2.87 bits per heavy atom. The Balaban J connectivity index is 2.30. The van der Waals surface area contributed by atoms with Crippen LogP contribution >= 0.6 is 0 Å². The SMILES string of the molecule is CN1CCC(c2nn(C)cc2C(=O)O)C1. The highest BCUT2D eigenvalue weighted by molar-refractivity contribution is 5.88. The first-order valence-corrected chi connectivity index (χ1v) is 5.03. The number of hydrogen-bond acceptors (Lipinski definition) is 3. The Morgan fingerprint density at radius 2 is 2.33 bits per heavy atom. The molecular weight excluding hydrogens is 194 g/mol. The van der Waals surface area contributed by atoms with Crippen molar-refractivity contribution in [2.75, 3.05) is 20.1 Å². The normalized spacial score (nSPS) is 22.1. The van der Waals surface area contributed by atoms with Gasteiger partial charge in [-0.05, 0) is 20.0 Å². The van der Waals surface area contributed by atoms with Crippen LogP contribution < -0.4 is 0 Å². The highest BCUT2D eigenvalue weighted by Gasteiger charge is 2.27. The lowest BCUT2D eigenvalue weighted by molar-refractivity contribution is 0.0695. The van der Waals surface area contributed by atoms with Gasteiger partial charge >= 0.3 is 5.97 Å². The zero-order valence-electron chi connectivity index (χ0n) is 8.97. The molecule has 15 heavy (non-hydrogen) atoms. The molecule has 82 valence electrons. The molecule has 5 heteroatoms. The first kappa shape index (κ1) is 10.2. The van der Waals surface area contributed by atoms with Crippen LogP contribution in [0.1, 0.15) is 28.4 Å². The van der Waals surface area contributed by atoms with Crippen LogP contribution in [0.25, 0.3) is 0 Å². The molecule has 5 nitrogen and oxygen atoms in total. The smallest absolute Gasteiger partial charge is 0.339 e. The second kappa shape index (κ2) is 3.66. The average molecular weight is 209 g/mol. The topological polar surface area (TPSA) is 58.4 Å². The summed E-state index contributed by atoms with van der Waals surface area (Å²) < 4.78 is 1.58. The van der Waals surface area contributed by atoms with Gasteiger partial charge in [-0.1, -0.05) is 0 Å². The molecule has 0 bridgehead atoms. The molecule has 0 aromatic carbocycles. The molecule has 1 aliphatic heterocycles. The summed E-state index contributed by atoms with van der Waals surface area (Å²) in [6, 6.07) is 0. The molecule has 1 N–H and O–H groups in total. The standard InChI is InChI=1S/C10H15N3O2/c1-12-4-3-7(5-12)9-8(10(14)15)6-13(2)11-9/h6-7H,3-5H2,1-2H3,(H,14,15). The van der Waals surface area contributed by atoms with Crippen LogP contribution in [0.4, 0.5) is 0 Å². The van der Waals surface area contributed by atoms with E-state index in [1.807, 2.05) is 7.05 Å². The first-order valence-electron chi connectivity index (χ1n) is 5.03. The maximum absolute atomic E-state index is 11.0. The molecule has 0 spiro atoms. The molecule has 1 saturated heterocycles. The van der Waals surface area contributed by atoms with Gasteiger partial charge in [-0.15, -0.1) is 0 Å². The Bertz CT molecular complexity index is 386. The van der Waals surface area contributed by atoms with E-state index in [0.717, 1.165) is 25.2 Å². The van der Waals surface area contributed by atoms with E-state index in [2.05, 4.69) is 10.00 Å². The van der Waals surface area contributed by atoms with Crippen molar-refractivity contribution >= 4 is 5.97 Å². The lowest BCUT2D eigenvalue weighted by atomic mass is 10.0. The van der Waals surface area contributed by atoms with E-state index >= 15 is 0 Å². The zero-order valence-corrected chi connectivity index (χ0v) is 8.97. The van der Waals surface area contributed by atoms with Gasteiger partial charge in [0.25, 0.3) is 0 Å². The van der Waals surface area contributed by atoms with Crippen molar-refractivity contribution in [3.63, 3.8) is 0 Å². The quantitative estimate of drug-likeness (QED) is 0.772. The number of hydrogen-bond donors (Lipinski definition) is 1. The van der Waals surface area contributed by atoms with E-state index in [9.17, 15) is 4.79 Å². The summed E-state index contributed by atoms with van der Waals surface area (Å²) in [5, 5.41) is 13.3. The van der Waals surface area contributed by atoms with E-state index in [1.54, 1.807) is 17.9 Å². The molecule has 1 aliphatic rings. The second-order valence-electron chi connectivity index (χ2n) is 4.15. The minimum absolute atomic E-state index is 0.266. The summed E-state index contributed by atoms with van der Waals surface area (Å²) in [7, 11) is 3.80. The molecule has 2 heterocycles. The highest BCUT2D eigenvalue weighted by Crippen LogP contribution is 2.27. The van der Waals surface area contributed by atoms with E-state index < -0.39 is 5.97 Å². The molecule has 0 radical (unpaired) electrons. The average Bonchev–Trinajstić information content (AvgIpc) is 2.71. The first-order chi connectivity index (χ1) is 7.08. The largest absolute Gasteiger partial charge is 0.478 e. The number of aryl methyl sites for hydroxylation is 1. The van der Waals surface area contributed by atoms with Gasteiger partial charge in [0.1, 0.15) is 5.56 Å². The van der Waals surface area contributed by atoms with Crippen LogP contribution in [0.5, 0.6) is 0 Å². The summed E-state index contributed by atoms with van der Waals surface area (Å²) in [5.41, 5.74) is 1.08. The van der Waals surface area contributed by atoms with Crippen LogP contribution in [0.2, 0.25) is 0 Å². The fourth-order valence-corrected chi connectivity index (χ4v) is 2.13. The van der Waals surface area contributed by atoms with Crippen LogP contribution in [0, 0.1) is 0 Å². The molecule has 1 aromatic heterocycles. The van der Waals surface area contributed by atoms with Gasteiger partial charge in [-0.2, -0.15) is 5.10 Å². The summed E-state index contributed by atoms with van der Waals surface area (Å²) in [6.45, 7) is 1.91. The summed E-state index contributed by atoms with van der Waals surface area (Å²) >= 11 is 0. The second-order valence-corrected chi connectivity index (χ2v) is 4.15. The Hall–Kier alpha value is -1.36. The van der Waals surface area contributed by atoms with Crippen molar-refractivity contribution in [2.24, 2.45) is 7.05 Å². The summed E-state index contributed by atoms with van der Waals surface area (Å²) in [4.78, 5) is 13.2. The molecule has 1 unspecified atom stereocenters. The minimum Gasteiger partial charge on any atom is -0.478 e. The van der Waals surface area contributed by atoms with Gasteiger partial charge in [0, 0.05) is 25.7 Å². The van der Waals surface area contributed by atoms with E-state index in [0.29, 0.717) is 5.56 Å². The predicted molar refractivity (Wildman–Crippen MR) is 55.0 cm³/mol. The fraction of sp³-hybridized carbons (Fsp3) is 0.600. The number of aromatic carboxylic acids is 1. The molecule has 0 aliphatic carbocycles. The van der Waals surface area contributed by atoms with Crippen LogP contribution in [-0.2, 0) is 7.05 Å². The monoisotopic (exact) mass is 209 g/mol. The number of rotatable bonds is 2. The van der Waals surface area contributed by atoms with Crippen molar-refractivity contribution in [1.82, 2.24) is 14.7 Å². The molecule has 0 saturated carbocycles. The zero-order chi connectivity index (χ0) is 11.0. The number of aromatic nitrogens is 2. The van der Waals surface area contributed by atoms with Gasteiger partial charge in [-0.25, -0.2) is 4.79 Å². The fourth-order valence-electron chi connectivity index (χ4n) is 2.13. The van der Waals surface area contributed by atoms with Crippen molar-refractivity contribution < 1.29 is 9.90 Å². The molecule has 0 amide bonds. The van der Waals surface area contributed by atoms with Crippen LogP contribution in [0.15, 0.2) is 6.20 Å². The van der Waals surface area contributed by atoms with Crippen molar-refractivity contribution in [3.05, 3.63) is 17.5 Å². The maximum Gasteiger partial charge on any atom is 0.339 e. The number of likely N-dealkylation sites (N-methyl/N-ethyl adjacent to an activating group) is 1. The summed E-state index contributed by atoms with van der Waals surface area (Å²) in [5.74, 6) is -0.616. The van der Waals surface area contributed by atoms with E-state index in [-0.39, 0.29) is 5.92 Å². The molecule has 1 atom stereocenters. The van der Waals surface area contributed by atoms with Crippen molar-refractivity contribution in [1.29, 1.82) is 0 Å². The van der Waals surface area contributed by atoms with Crippen molar-refractivity contribution in [2.45, 2.75) is 12.3 Å². The van der Waals surface area contributed by atoms with Crippen molar-refractivity contribution in [3.8, 4) is 0 Å². The highest BCUT2D eigenvalue weighted by atomic mass is 16.4. The number of carboxylic acids is 1. The minimum atomic E-state index is -0.882. The number of carbonyl (C=O) groups is 1. The van der Waals surface area contributed by atoms with E-state index in [4.69, 9.17) is 5.11 Å². The van der Waals surface area contributed by atoms with Crippen LogP contribution in [0.3, 0.4) is 0 Å². The lowest BCUT2D eigenvalue weighted by Crippen LogP contribution is -2.14. The summed E-state index contributed by atoms with van der Waals surface area (Å²) in [6.07, 6.45) is 2.57. The van der Waals surface area contributed by atoms with Gasteiger partial charge < -0.3 is 10.0 Å². The molecule has 2 rings (SSSR count). The third-order valence-corrected chi connectivity index (χ3v) is 2.87. The van der Waals surface area contributed by atoms with Gasteiger partial charge in [-0.3, -0.25) is 4.68 Å². The van der Waals surface area contributed by atoms with E-state index in [1.165, 1.54) is 0 Å². The number of nitrogens with zero attached hydrogens (tertiary/aromatic N) is 3. The third-order valence-electron chi connectivity index (χ3n) is 2.87. The Kier molecular flexibility index (Phi) is 2.48. The number of carboxylic acid groups (broad SMARTS) is 1. The lowest BCUT2D eigenvalue weighted by Gasteiger charge is -2.08. The van der Waals surface area contributed by atoms with Gasteiger partial charge in [0.05, 0.1) is 5.69 Å². The van der Waals surface area contributed by atoms with Crippen LogP contribution in [-0.4, -0.2) is 45.9 Å². The number of likely N-dealkylation sites (tertiary alicyclic amines) is 1.